The average Bonchev–Trinajstić information content (AvgIpc) is 3.43. The van der Waals surface area contributed by atoms with Gasteiger partial charge in [0.25, 0.3) is 5.56 Å². The topological polar surface area (TPSA) is 87.9 Å². The molecule has 0 N–H and O–H groups in total. The molecule has 0 bridgehead atoms. The van der Waals surface area contributed by atoms with Crippen LogP contribution in [0.1, 0.15) is 57.8 Å². The lowest BCUT2D eigenvalue weighted by atomic mass is 9.97. The lowest BCUT2D eigenvalue weighted by molar-refractivity contribution is 0.0963. The molecule has 0 aromatic carbocycles. The monoisotopic (exact) mass is 464 g/mol. The van der Waals surface area contributed by atoms with E-state index in [1.165, 1.54) is 11.3 Å². The fourth-order valence-electron chi connectivity index (χ4n) is 5.51. The molecule has 1 fully saturated rings. The maximum atomic E-state index is 12.9. The van der Waals surface area contributed by atoms with E-state index < -0.39 is 0 Å². The number of pyridine rings is 1. The zero-order valence-corrected chi connectivity index (χ0v) is 21.2. The molecular weight excluding hydrogens is 428 g/mol. The molecule has 9 heteroatoms. The molecule has 3 aromatic rings. The summed E-state index contributed by atoms with van der Waals surface area (Å²) < 4.78 is 5.36. The average molecular weight is 465 g/mol. The molecule has 3 aromatic heterocycles. The number of hydrogen-bond donors (Lipinski definition) is 0. The molecule has 9 nitrogen and oxygen atoms in total. The number of aryl methyl sites for hydroxylation is 3. The Kier molecular flexibility index (Phi) is 6.80. The number of piperazine rings is 1. The van der Waals surface area contributed by atoms with Gasteiger partial charge in [-0.3, -0.25) is 19.1 Å². The molecule has 1 aliphatic heterocycles. The van der Waals surface area contributed by atoms with Gasteiger partial charge in [0, 0.05) is 50.9 Å². The predicted molar refractivity (Wildman–Crippen MR) is 134 cm³/mol. The summed E-state index contributed by atoms with van der Waals surface area (Å²) >= 11 is 0. The van der Waals surface area contributed by atoms with E-state index in [9.17, 15) is 4.79 Å². The third-order valence-electron chi connectivity index (χ3n) is 7.43. The molecule has 0 aliphatic carbocycles. The second kappa shape index (κ2) is 9.63. The summed E-state index contributed by atoms with van der Waals surface area (Å²) in [4.78, 5) is 17.9. The zero-order chi connectivity index (χ0) is 24.6. The van der Waals surface area contributed by atoms with Gasteiger partial charge in [0.05, 0.1) is 35.4 Å². The van der Waals surface area contributed by atoms with Gasteiger partial charge in [0.2, 0.25) is 0 Å². The van der Waals surface area contributed by atoms with Crippen LogP contribution in [0, 0.1) is 18.3 Å². The van der Waals surface area contributed by atoms with Crippen LogP contribution in [0.25, 0.3) is 11.0 Å². The van der Waals surface area contributed by atoms with E-state index in [-0.39, 0.29) is 24.2 Å². The van der Waals surface area contributed by atoms with Gasteiger partial charge in [-0.1, -0.05) is 13.8 Å². The largest absolute Gasteiger partial charge is 0.364 e. The van der Waals surface area contributed by atoms with Gasteiger partial charge in [0.15, 0.2) is 0 Å². The first-order valence-corrected chi connectivity index (χ1v) is 12.3. The predicted octanol–water partition coefficient (Wildman–Crippen LogP) is 3.22. The molecule has 0 radical (unpaired) electrons. The summed E-state index contributed by atoms with van der Waals surface area (Å²) in [5.41, 5.74) is 4.89. The molecule has 4 rings (SSSR count). The van der Waals surface area contributed by atoms with Crippen LogP contribution in [-0.4, -0.2) is 54.2 Å². The Morgan fingerprint density at radius 2 is 1.94 bits per heavy atom. The van der Waals surface area contributed by atoms with Crippen molar-refractivity contribution in [3.8, 4) is 6.07 Å². The number of aromatic nitrogens is 5. The summed E-state index contributed by atoms with van der Waals surface area (Å²) in [7, 11) is 1.76. The number of anilines is 1. The highest BCUT2D eigenvalue weighted by atomic mass is 16.1. The van der Waals surface area contributed by atoms with Crippen molar-refractivity contribution in [1.82, 2.24) is 29.0 Å². The fraction of sp³-hybridized carbons (Fsp3) is 0.600. The van der Waals surface area contributed by atoms with Crippen molar-refractivity contribution >= 4 is 16.7 Å². The highest BCUT2D eigenvalue weighted by Crippen LogP contribution is 2.35. The molecule has 4 heterocycles. The first kappa shape index (κ1) is 24.0. The minimum absolute atomic E-state index is 0.0554. The number of rotatable bonds is 7. The van der Waals surface area contributed by atoms with Crippen LogP contribution in [0.15, 0.2) is 23.3 Å². The molecule has 0 saturated carbocycles. The first-order valence-electron chi connectivity index (χ1n) is 12.3. The van der Waals surface area contributed by atoms with Crippen LogP contribution in [-0.2, 0) is 20.1 Å². The molecule has 0 spiro atoms. The Morgan fingerprint density at radius 1 is 1.21 bits per heavy atom. The Bertz CT molecular complexity index is 1260. The smallest absolute Gasteiger partial charge is 0.252 e. The second-order valence-electron chi connectivity index (χ2n) is 9.32. The summed E-state index contributed by atoms with van der Waals surface area (Å²) in [6.07, 6.45) is 5.74. The number of nitrogens with zero attached hydrogens (tertiary/aromatic N) is 8. The van der Waals surface area contributed by atoms with Gasteiger partial charge in [-0.2, -0.15) is 15.5 Å². The van der Waals surface area contributed by atoms with E-state index in [1.54, 1.807) is 28.6 Å². The first-order chi connectivity index (χ1) is 16.3. The van der Waals surface area contributed by atoms with Crippen molar-refractivity contribution in [2.24, 2.45) is 7.05 Å². The summed E-state index contributed by atoms with van der Waals surface area (Å²) in [5.74, 6) is 0. The van der Waals surface area contributed by atoms with Gasteiger partial charge in [-0.15, -0.1) is 0 Å². The maximum Gasteiger partial charge on any atom is 0.252 e. The van der Waals surface area contributed by atoms with Crippen molar-refractivity contribution in [2.75, 3.05) is 18.0 Å². The highest BCUT2D eigenvalue weighted by Gasteiger charge is 2.37. The molecule has 0 amide bonds. The molecule has 3 atom stereocenters. The third kappa shape index (κ3) is 4.00. The standard InChI is InChI=1S/C25H36N8O/c1-7-19-15-32(21-12-23(34)29(6)22-16-30(11-10-26)28-24(21)22)20(8-2)14-31(19)18(5)25-17(4)13-27-33(25)9-3/h12-13,16,18-20H,7-9,11,14-15H2,1-6H3/t18-,19-,20+/m1/s1. The Hall–Kier alpha value is -3.12. The fourth-order valence-corrected chi connectivity index (χ4v) is 5.51. The van der Waals surface area contributed by atoms with Crippen molar-refractivity contribution in [1.29, 1.82) is 5.26 Å². The minimum Gasteiger partial charge on any atom is -0.364 e. The van der Waals surface area contributed by atoms with E-state index in [4.69, 9.17) is 10.4 Å². The lowest BCUT2D eigenvalue weighted by Gasteiger charge is -2.49. The van der Waals surface area contributed by atoms with Gasteiger partial charge in [0.1, 0.15) is 12.1 Å². The Labute approximate surface area is 201 Å². The molecule has 34 heavy (non-hydrogen) atoms. The summed E-state index contributed by atoms with van der Waals surface area (Å²) in [5, 5.41) is 18.4. The molecule has 182 valence electrons. The van der Waals surface area contributed by atoms with E-state index in [2.05, 4.69) is 60.3 Å². The number of fused-ring (bicyclic) bond motifs is 1. The van der Waals surface area contributed by atoms with Gasteiger partial charge in [-0.05, 0) is 39.2 Å². The van der Waals surface area contributed by atoms with Gasteiger partial charge in [-0.25, -0.2) is 0 Å². The van der Waals surface area contributed by atoms with Crippen LogP contribution < -0.4 is 10.5 Å². The summed E-state index contributed by atoms with van der Waals surface area (Å²) in [6, 6.07) is 4.70. The van der Waals surface area contributed by atoms with Crippen molar-refractivity contribution in [3.63, 3.8) is 0 Å². The SMILES string of the molecule is CC[C@H]1CN([C@H](C)c2c(C)cnn2CC)[C@H](CC)CN1c1cc(=O)n(C)c2cn(CC#N)nc12. The molecular formula is C25H36N8O. The van der Waals surface area contributed by atoms with Crippen LogP contribution in [0.5, 0.6) is 0 Å². The Morgan fingerprint density at radius 3 is 2.59 bits per heavy atom. The minimum atomic E-state index is -0.0554. The quantitative estimate of drug-likeness (QED) is 0.534. The third-order valence-corrected chi connectivity index (χ3v) is 7.43. The van der Waals surface area contributed by atoms with E-state index >= 15 is 0 Å². The van der Waals surface area contributed by atoms with Crippen molar-refractivity contribution in [3.05, 3.63) is 40.1 Å². The van der Waals surface area contributed by atoms with E-state index in [0.29, 0.717) is 6.04 Å². The molecule has 0 unspecified atom stereocenters. The van der Waals surface area contributed by atoms with Crippen LogP contribution >= 0.6 is 0 Å². The van der Waals surface area contributed by atoms with E-state index in [1.807, 2.05) is 6.20 Å². The van der Waals surface area contributed by atoms with Crippen molar-refractivity contribution < 1.29 is 0 Å². The summed E-state index contributed by atoms with van der Waals surface area (Å²) in [6.45, 7) is 13.8. The lowest BCUT2D eigenvalue weighted by Crippen LogP contribution is -2.59. The highest BCUT2D eigenvalue weighted by molar-refractivity contribution is 5.88. The van der Waals surface area contributed by atoms with Crippen LogP contribution in [0.4, 0.5) is 5.69 Å². The number of hydrogen-bond acceptors (Lipinski definition) is 6. The molecule has 1 aliphatic rings. The van der Waals surface area contributed by atoms with Crippen molar-refractivity contribution in [2.45, 2.75) is 78.7 Å². The maximum absolute atomic E-state index is 12.9. The zero-order valence-electron chi connectivity index (χ0n) is 21.2. The molecule has 1 saturated heterocycles. The normalized spacial score (nSPS) is 20.1. The van der Waals surface area contributed by atoms with Gasteiger partial charge < -0.3 is 9.47 Å². The van der Waals surface area contributed by atoms with Crippen LogP contribution in [0.2, 0.25) is 0 Å². The van der Waals surface area contributed by atoms with E-state index in [0.717, 1.165) is 49.2 Å². The second-order valence-corrected chi connectivity index (χ2v) is 9.32. The Balaban J connectivity index is 1.74. The number of nitriles is 1. The van der Waals surface area contributed by atoms with Crippen LogP contribution in [0.3, 0.4) is 0 Å². The van der Waals surface area contributed by atoms with Gasteiger partial charge >= 0.3 is 0 Å².